The van der Waals surface area contributed by atoms with E-state index in [1.807, 2.05) is 26.0 Å². The zero-order valence-corrected chi connectivity index (χ0v) is 12.0. The van der Waals surface area contributed by atoms with E-state index < -0.39 is 11.8 Å². The Hall–Kier alpha value is -1.88. The van der Waals surface area contributed by atoms with E-state index in [-0.39, 0.29) is 12.5 Å². The first-order valence-corrected chi connectivity index (χ1v) is 6.79. The number of nitrogens with one attached hydrogen (secondary N) is 2. The van der Waals surface area contributed by atoms with Gasteiger partial charge in [-0.2, -0.15) is 0 Å². The fourth-order valence-electron chi connectivity index (χ4n) is 1.65. The van der Waals surface area contributed by atoms with Gasteiger partial charge in [0.1, 0.15) is 0 Å². The number of anilines is 1. The van der Waals surface area contributed by atoms with Gasteiger partial charge in [0.05, 0.1) is 0 Å². The van der Waals surface area contributed by atoms with Crippen molar-refractivity contribution in [3.63, 3.8) is 0 Å². The number of hydrogen-bond donors (Lipinski definition) is 3. The van der Waals surface area contributed by atoms with Crippen molar-refractivity contribution >= 4 is 17.5 Å². The lowest BCUT2D eigenvalue weighted by Gasteiger charge is -2.09. The highest BCUT2D eigenvalue weighted by molar-refractivity contribution is 6.39. The summed E-state index contributed by atoms with van der Waals surface area (Å²) >= 11 is 0. The van der Waals surface area contributed by atoms with Gasteiger partial charge in [-0.3, -0.25) is 9.59 Å². The Labute approximate surface area is 119 Å². The second-order valence-electron chi connectivity index (χ2n) is 5.01. The van der Waals surface area contributed by atoms with Crippen molar-refractivity contribution in [2.24, 2.45) is 5.92 Å². The summed E-state index contributed by atoms with van der Waals surface area (Å²) in [6.45, 7) is 4.46. The topological polar surface area (TPSA) is 78.4 Å². The van der Waals surface area contributed by atoms with Crippen molar-refractivity contribution in [3.05, 3.63) is 29.8 Å². The maximum Gasteiger partial charge on any atom is 0.313 e. The molecule has 0 bridgehead atoms. The van der Waals surface area contributed by atoms with E-state index in [9.17, 15) is 9.59 Å². The molecule has 0 heterocycles. The van der Waals surface area contributed by atoms with Gasteiger partial charge >= 0.3 is 11.8 Å². The number of rotatable bonds is 6. The second kappa shape index (κ2) is 8.32. The summed E-state index contributed by atoms with van der Waals surface area (Å²) in [7, 11) is 0. The third-order valence-corrected chi connectivity index (χ3v) is 2.99. The minimum atomic E-state index is -0.663. The summed E-state index contributed by atoms with van der Waals surface area (Å²) in [5.41, 5.74) is 1.69. The van der Waals surface area contributed by atoms with Crippen LogP contribution in [0, 0.1) is 12.8 Å². The van der Waals surface area contributed by atoms with Gasteiger partial charge in [0.25, 0.3) is 0 Å². The van der Waals surface area contributed by atoms with Crippen LogP contribution >= 0.6 is 0 Å². The van der Waals surface area contributed by atoms with Gasteiger partial charge in [0.2, 0.25) is 0 Å². The molecule has 3 N–H and O–H groups in total. The second-order valence-corrected chi connectivity index (χ2v) is 5.01. The lowest BCUT2D eigenvalue weighted by atomic mass is 10.1. The molecular formula is C15H22N2O3. The average Bonchev–Trinajstić information content (AvgIpc) is 2.45. The first-order chi connectivity index (χ1) is 9.52. The number of aliphatic hydroxyl groups is 1. The molecule has 0 fully saturated rings. The van der Waals surface area contributed by atoms with E-state index >= 15 is 0 Å². The standard InChI is InChI=1S/C15H22N2O3/c1-11-5-7-13(8-6-11)17-15(20)14(19)16-9-3-4-12(2)10-18/h5-8,12,18H,3-4,9-10H2,1-2H3,(H,16,19)(H,17,20). The molecule has 0 spiro atoms. The molecule has 1 aromatic carbocycles. The summed E-state index contributed by atoms with van der Waals surface area (Å²) in [4.78, 5) is 23.2. The molecule has 1 rings (SSSR count). The van der Waals surface area contributed by atoms with Gasteiger partial charge in [-0.05, 0) is 37.8 Å². The van der Waals surface area contributed by atoms with Crippen LogP contribution in [0.25, 0.3) is 0 Å². The third kappa shape index (κ3) is 5.84. The number of amides is 2. The van der Waals surface area contributed by atoms with Crippen LogP contribution in [-0.2, 0) is 9.59 Å². The summed E-state index contributed by atoms with van der Waals surface area (Å²) in [6.07, 6.45) is 1.56. The monoisotopic (exact) mass is 278 g/mol. The fourth-order valence-corrected chi connectivity index (χ4v) is 1.65. The zero-order chi connectivity index (χ0) is 15.0. The summed E-state index contributed by atoms with van der Waals surface area (Å²) < 4.78 is 0. The molecule has 5 nitrogen and oxygen atoms in total. The van der Waals surface area contributed by atoms with Gasteiger partial charge < -0.3 is 15.7 Å². The third-order valence-electron chi connectivity index (χ3n) is 2.99. The Kier molecular flexibility index (Phi) is 6.73. The molecule has 110 valence electrons. The summed E-state index contributed by atoms with van der Waals surface area (Å²) in [5, 5.41) is 14.0. The molecule has 0 saturated heterocycles. The van der Waals surface area contributed by atoms with E-state index in [2.05, 4.69) is 10.6 Å². The predicted octanol–water partition coefficient (Wildman–Crippen LogP) is 1.46. The minimum Gasteiger partial charge on any atom is -0.396 e. The van der Waals surface area contributed by atoms with Gasteiger partial charge in [0.15, 0.2) is 0 Å². The van der Waals surface area contributed by atoms with Crippen molar-refractivity contribution in [3.8, 4) is 0 Å². The van der Waals surface area contributed by atoms with Crippen molar-refractivity contribution in [2.45, 2.75) is 26.7 Å². The van der Waals surface area contributed by atoms with Crippen LogP contribution in [0.15, 0.2) is 24.3 Å². The quantitative estimate of drug-likeness (QED) is 0.544. The van der Waals surface area contributed by atoms with E-state index in [0.29, 0.717) is 12.2 Å². The smallest absolute Gasteiger partial charge is 0.313 e. The number of hydrogen-bond acceptors (Lipinski definition) is 3. The summed E-state index contributed by atoms with van der Waals surface area (Å²) in [6, 6.07) is 7.24. The van der Waals surface area contributed by atoms with Crippen LogP contribution in [0.4, 0.5) is 5.69 Å². The highest BCUT2D eigenvalue weighted by atomic mass is 16.3. The Balaban J connectivity index is 2.29. The van der Waals surface area contributed by atoms with Gasteiger partial charge in [-0.1, -0.05) is 24.6 Å². The van der Waals surface area contributed by atoms with Crippen LogP contribution < -0.4 is 10.6 Å². The maximum absolute atomic E-state index is 11.6. The van der Waals surface area contributed by atoms with Crippen LogP contribution in [0.2, 0.25) is 0 Å². The van der Waals surface area contributed by atoms with Crippen molar-refractivity contribution in [1.82, 2.24) is 5.32 Å². The highest BCUT2D eigenvalue weighted by Gasteiger charge is 2.12. The molecule has 0 saturated carbocycles. The number of aliphatic hydroxyl groups excluding tert-OH is 1. The highest BCUT2D eigenvalue weighted by Crippen LogP contribution is 2.08. The van der Waals surface area contributed by atoms with Gasteiger partial charge in [-0.15, -0.1) is 0 Å². The molecule has 0 aromatic heterocycles. The molecule has 1 atom stereocenters. The maximum atomic E-state index is 11.6. The minimum absolute atomic E-state index is 0.141. The average molecular weight is 278 g/mol. The molecule has 0 aliphatic carbocycles. The lowest BCUT2D eigenvalue weighted by molar-refractivity contribution is -0.136. The lowest BCUT2D eigenvalue weighted by Crippen LogP contribution is -2.36. The molecule has 1 unspecified atom stereocenters. The first kappa shape index (κ1) is 16.2. The van der Waals surface area contributed by atoms with Crippen molar-refractivity contribution < 1.29 is 14.7 Å². The summed E-state index contributed by atoms with van der Waals surface area (Å²) in [5.74, 6) is -1.08. The Morgan fingerprint density at radius 1 is 1.20 bits per heavy atom. The largest absolute Gasteiger partial charge is 0.396 e. The number of benzene rings is 1. The van der Waals surface area contributed by atoms with Gasteiger partial charge in [-0.25, -0.2) is 0 Å². The molecule has 1 aromatic rings. The normalized spacial score (nSPS) is 11.8. The number of carbonyl (C=O) groups is 2. The zero-order valence-electron chi connectivity index (χ0n) is 12.0. The molecular weight excluding hydrogens is 256 g/mol. The SMILES string of the molecule is Cc1ccc(NC(=O)C(=O)NCCCC(C)CO)cc1. The Morgan fingerprint density at radius 3 is 2.45 bits per heavy atom. The van der Waals surface area contributed by atoms with Crippen LogP contribution in [-0.4, -0.2) is 30.1 Å². The van der Waals surface area contributed by atoms with Crippen molar-refractivity contribution in [1.29, 1.82) is 0 Å². The van der Waals surface area contributed by atoms with E-state index in [1.165, 1.54) is 0 Å². The Bertz CT molecular complexity index is 443. The molecule has 2 amide bonds. The molecule has 0 aliphatic rings. The number of aryl methyl sites for hydroxylation is 1. The fraction of sp³-hybridized carbons (Fsp3) is 0.467. The Morgan fingerprint density at radius 2 is 1.85 bits per heavy atom. The van der Waals surface area contributed by atoms with E-state index in [0.717, 1.165) is 18.4 Å². The predicted molar refractivity (Wildman–Crippen MR) is 78.3 cm³/mol. The molecule has 5 heteroatoms. The number of carbonyl (C=O) groups excluding carboxylic acids is 2. The van der Waals surface area contributed by atoms with Gasteiger partial charge in [0, 0.05) is 18.8 Å². The van der Waals surface area contributed by atoms with E-state index in [4.69, 9.17) is 5.11 Å². The van der Waals surface area contributed by atoms with Crippen molar-refractivity contribution in [2.75, 3.05) is 18.5 Å². The molecule has 20 heavy (non-hydrogen) atoms. The molecule has 0 aliphatic heterocycles. The van der Waals surface area contributed by atoms with E-state index in [1.54, 1.807) is 12.1 Å². The van der Waals surface area contributed by atoms with Crippen LogP contribution in [0.1, 0.15) is 25.3 Å². The first-order valence-electron chi connectivity index (χ1n) is 6.79. The molecule has 0 radical (unpaired) electrons. The van der Waals surface area contributed by atoms with Crippen LogP contribution in [0.3, 0.4) is 0 Å². The van der Waals surface area contributed by atoms with Crippen LogP contribution in [0.5, 0.6) is 0 Å².